The van der Waals surface area contributed by atoms with Crippen molar-refractivity contribution in [2.45, 2.75) is 52.1 Å². The van der Waals surface area contributed by atoms with Crippen LogP contribution < -0.4 is 16.4 Å². The van der Waals surface area contributed by atoms with Crippen LogP contribution in [0.25, 0.3) is 0 Å². The molecule has 0 aromatic rings. The summed E-state index contributed by atoms with van der Waals surface area (Å²) in [7, 11) is 0. The molecule has 0 spiro atoms. The van der Waals surface area contributed by atoms with E-state index in [1.54, 1.807) is 0 Å². The molecule has 124 valence electrons. The van der Waals surface area contributed by atoms with Crippen LogP contribution in [-0.2, 0) is 4.79 Å². The van der Waals surface area contributed by atoms with Gasteiger partial charge in [0, 0.05) is 11.6 Å². The number of imide groups is 1. The Kier molecular flexibility index (Phi) is 8.21. The Morgan fingerprint density at radius 3 is 2.24 bits per heavy atom. The van der Waals surface area contributed by atoms with Gasteiger partial charge >= 0.3 is 6.03 Å². The van der Waals surface area contributed by atoms with E-state index < -0.39 is 6.03 Å². The van der Waals surface area contributed by atoms with Gasteiger partial charge < -0.3 is 11.1 Å². The molecule has 0 aromatic carbocycles. The standard InChI is InChI=1S/C14H28N4O2.ClH/c1-10(15)11-5-7-18(8-6-11)9-12(19)16-13(20)17-14(2,3)4;/h10-11H,5-9,15H2,1-4H3,(H2,16,17,19,20);1H. The number of nitrogens with one attached hydrogen (secondary N) is 2. The van der Waals surface area contributed by atoms with Gasteiger partial charge in [-0.15, -0.1) is 12.4 Å². The van der Waals surface area contributed by atoms with Gasteiger partial charge in [-0.1, -0.05) is 0 Å². The lowest BCUT2D eigenvalue weighted by atomic mass is 9.91. The maximum atomic E-state index is 11.8. The molecule has 0 bridgehead atoms. The van der Waals surface area contributed by atoms with Crippen LogP contribution in [0, 0.1) is 5.92 Å². The normalized spacial score (nSPS) is 18.5. The molecule has 0 aliphatic carbocycles. The largest absolute Gasteiger partial charge is 0.333 e. The molecule has 1 fully saturated rings. The fraction of sp³-hybridized carbons (Fsp3) is 0.857. The highest BCUT2D eigenvalue weighted by Gasteiger charge is 2.24. The van der Waals surface area contributed by atoms with Crippen LogP contribution in [0.2, 0.25) is 0 Å². The summed E-state index contributed by atoms with van der Waals surface area (Å²) in [5.74, 6) is 0.282. The molecule has 1 atom stereocenters. The zero-order valence-corrected chi connectivity index (χ0v) is 14.3. The molecule has 1 aliphatic rings. The number of carbonyl (C=O) groups excluding carboxylic acids is 2. The van der Waals surface area contributed by atoms with Crippen LogP contribution in [-0.4, -0.2) is 48.1 Å². The third-order valence-corrected chi connectivity index (χ3v) is 3.48. The summed E-state index contributed by atoms with van der Waals surface area (Å²) in [6, 6.07) is -0.225. The number of nitrogens with zero attached hydrogens (tertiary/aromatic N) is 1. The first-order valence-corrected chi connectivity index (χ1v) is 7.27. The molecule has 1 heterocycles. The third kappa shape index (κ3) is 8.24. The Hall–Kier alpha value is -0.850. The molecule has 1 aliphatic heterocycles. The van der Waals surface area contributed by atoms with Gasteiger partial charge in [0.15, 0.2) is 0 Å². The minimum atomic E-state index is -0.437. The van der Waals surface area contributed by atoms with Gasteiger partial charge in [0.1, 0.15) is 0 Å². The molecular weight excluding hydrogens is 292 g/mol. The topological polar surface area (TPSA) is 87.5 Å². The summed E-state index contributed by atoms with van der Waals surface area (Å²) < 4.78 is 0. The second kappa shape index (κ2) is 8.56. The van der Waals surface area contributed by atoms with E-state index in [-0.39, 0.29) is 36.4 Å². The summed E-state index contributed by atoms with van der Waals surface area (Å²) in [6.07, 6.45) is 2.03. The summed E-state index contributed by atoms with van der Waals surface area (Å²) >= 11 is 0. The average Bonchev–Trinajstić information content (AvgIpc) is 2.26. The fourth-order valence-corrected chi connectivity index (χ4v) is 2.38. The maximum absolute atomic E-state index is 11.8. The Bertz CT molecular complexity index is 347. The van der Waals surface area contributed by atoms with Gasteiger partial charge in [0.25, 0.3) is 0 Å². The number of likely N-dealkylation sites (tertiary alicyclic amines) is 1. The Labute approximate surface area is 133 Å². The first-order chi connectivity index (χ1) is 9.17. The van der Waals surface area contributed by atoms with E-state index in [0.29, 0.717) is 5.92 Å². The fourth-order valence-electron chi connectivity index (χ4n) is 2.38. The van der Waals surface area contributed by atoms with Gasteiger partial charge in [-0.05, 0) is 59.5 Å². The second-order valence-electron chi connectivity index (χ2n) is 6.72. The minimum absolute atomic E-state index is 0. The molecule has 0 saturated carbocycles. The quantitative estimate of drug-likeness (QED) is 0.726. The number of hydrogen-bond acceptors (Lipinski definition) is 4. The number of urea groups is 1. The zero-order valence-electron chi connectivity index (χ0n) is 13.4. The van der Waals surface area contributed by atoms with Crippen LogP contribution in [0.5, 0.6) is 0 Å². The van der Waals surface area contributed by atoms with Gasteiger partial charge in [-0.2, -0.15) is 0 Å². The lowest BCUT2D eigenvalue weighted by Crippen LogP contribution is -2.51. The van der Waals surface area contributed by atoms with Crippen molar-refractivity contribution < 1.29 is 9.59 Å². The average molecular weight is 321 g/mol. The highest BCUT2D eigenvalue weighted by Crippen LogP contribution is 2.18. The number of carbonyl (C=O) groups is 2. The summed E-state index contributed by atoms with van der Waals surface area (Å²) in [5, 5.41) is 5.07. The second-order valence-corrected chi connectivity index (χ2v) is 6.72. The smallest absolute Gasteiger partial charge is 0.321 e. The van der Waals surface area contributed by atoms with E-state index in [1.807, 2.05) is 27.7 Å². The summed E-state index contributed by atoms with van der Waals surface area (Å²) in [6.45, 7) is 9.63. The monoisotopic (exact) mass is 320 g/mol. The molecular formula is C14H29ClN4O2. The predicted molar refractivity (Wildman–Crippen MR) is 86.5 cm³/mol. The van der Waals surface area contributed by atoms with Crippen molar-refractivity contribution >= 4 is 24.3 Å². The van der Waals surface area contributed by atoms with E-state index in [2.05, 4.69) is 15.5 Å². The Balaban J connectivity index is 0.00000400. The van der Waals surface area contributed by atoms with E-state index in [0.717, 1.165) is 25.9 Å². The molecule has 0 radical (unpaired) electrons. The van der Waals surface area contributed by atoms with Crippen LogP contribution in [0.4, 0.5) is 4.79 Å². The van der Waals surface area contributed by atoms with E-state index in [1.165, 1.54) is 0 Å². The van der Waals surface area contributed by atoms with E-state index in [4.69, 9.17) is 5.73 Å². The van der Waals surface area contributed by atoms with Crippen LogP contribution in [0.1, 0.15) is 40.5 Å². The summed E-state index contributed by atoms with van der Waals surface area (Å²) in [5.41, 5.74) is 5.54. The molecule has 1 saturated heterocycles. The number of nitrogens with two attached hydrogens (primary N) is 1. The van der Waals surface area contributed by atoms with Crippen LogP contribution >= 0.6 is 12.4 Å². The van der Waals surface area contributed by atoms with Crippen molar-refractivity contribution in [1.29, 1.82) is 0 Å². The Morgan fingerprint density at radius 1 is 1.29 bits per heavy atom. The van der Waals surface area contributed by atoms with Gasteiger partial charge in [-0.3, -0.25) is 15.0 Å². The van der Waals surface area contributed by atoms with Gasteiger partial charge in [0.05, 0.1) is 6.54 Å². The first-order valence-electron chi connectivity index (χ1n) is 7.27. The van der Waals surface area contributed by atoms with E-state index in [9.17, 15) is 9.59 Å². The first kappa shape index (κ1) is 20.1. The third-order valence-electron chi connectivity index (χ3n) is 3.48. The van der Waals surface area contributed by atoms with Crippen molar-refractivity contribution in [2.75, 3.05) is 19.6 Å². The van der Waals surface area contributed by atoms with Crippen LogP contribution in [0.15, 0.2) is 0 Å². The molecule has 3 amide bonds. The van der Waals surface area contributed by atoms with Gasteiger partial charge in [0.2, 0.25) is 5.91 Å². The number of halogens is 1. The molecule has 6 nitrogen and oxygen atoms in total. The minimum Gasteiger partial charge on any atom is -0.333 e. The molecule has 4 N–H and O–H groups in total. The molecule has 21 heavy (non-hydrogen) atoms. The summed E-state index contributed by atoms with van der Waals surface area (Å²) in [4.78, 5) is 25.4. The van der Waals surface area contributed by atoms with Crippen molar-refractivity contribution in [3.05, 3.63) is 0 Å². The molecule has 1 rings (SSSR count). The molecule has 7 heteroatoms. The number of piperidine rings is 1. The predicted octanol–water partition coefficient (Wildman–Crippen LogP) is 1.09. The Morgan fingerprint density at radius 2 is 1.81 bits per heavy atom. The number of amides is 3. The van der Waals surface area contributed by atoms with Crippen molar-refractivity contribution in [3.63, 3.8) is 0 Å². The zero-order chi connectivity index (χ0) is 15.3. The van der Waals surface area contributed by atoms with Crippen molar-refractivity contribution in [1.82, 2.24) is 15.5 Å². The lowest BCUT2D eigenvalue weighted by Gasteiger charge is -2.33. The van der Waals surface area contributed by atoms with Crippen molar-refractivity contribution in [3.8, 4) is 0 Å². The van der Waals surface area contributed by atoms with Crippen LogP contribution in [0.3, 0.4) is 0 Å². The van der Waals surface area contributed by atoms with Gasteiger partial charge in [-0.25, -0.2) is 4.79 Å². The number of rotatable bonds is 3. The lowest BCUT2D eigenvalue weighted by molar-refractivity contribution is -0.121. The highest BCUT2D eigenvalue weighted by molar-refractivity contribution is 5.95. The molecule has 1 unspecified atom stereocenters. The maximum Gasteiger partial charge on any atom is 0.321 e. The SMILES string of the molecule is CC(N)C1CCN(CC(=O)NC(=O)NC(C)(C)C)CC1.Cl. The van der Waals surface area contributed by atoms with E-state index >= 15 is 0 Å². The number of hydrogen-bond donors (Lipinski definition) is 3. The van der Waals surface area contributed by atoms with Crippen molar-refractivity contribution in [2.24, 2.45) is 11.7 Å². The highest BCUT2D eigenvalue weighted by atomic mass is 35.5. The molecule has 0 aromatic heterocycles.